The third kappa shape index (κ3) is 4.70. The quantitative estimate of drug-likeness (QED) is 0.616. The zero-order chi connectivity index (χ0) is 19.2. The molecule has 0 aliphatic carbocycles. The number of benzene rings is 3. The van der Waals surface area contributed by atoms with Crippen molar-refractivity contribution in [3.63, 3.8) is 0 Å². The van der Waals surface area contributed by atoms with Gasteiger partial charge in [0.2, 0.25) is 0 Å². The molecule has 0 bridgehead atoms. The normalized spacial score (nSPS) is 16.0. The summed E-state index contributed by atoms with van der Waals surface area (Å²) in [6.45, 7) is 4.80. The molecule has 28 heavy (non-hydrogen) atoms. The lowest BCUT2D eigenvalue weighted by Gasteiger charge is -2.37. The van der Waals surface area contributed by atoms with Crippen LogP contribution in [0.25, 0.3) is 0 Å². The maximum atomic E-state index is 13.2. The molecular formula is C24H25FN2O. The number of hydrogen-bond acceptors (Lipinski definition) is 3. The molecule has 144 valence electrons. The second-order valence-electron chi connectivity index (χ2n) is 7.09. The predicted octanol–water partition coefficient (Wildman–Crippen LogP) is 4.77. The van der Waals surface area contributed by atoms with E-state index in [1.54, 1.807) is 12.1 Å². The van der Waals surface area contributed by atoms with Crippen LogP contribution >= 0.6 is 0 Å². The Hall–Kier alpha value is -2.85. The number of anilines is 1. The summed E-state index contributed by atoms with van der Waals surface area (Å²) < 4.78 is 19.5. The van der Waals surface area contributed by atoms with Crippen LogP contribution in [-0.4, -0.2) is 37.6 Å². The number of para-hydroxylation sites is 1. The average molecular weight is 376 g/mol. The first-order chi connectivity index (χ1) is 13.8. The van der Waals surface area contributed by atoms with Gasteiger partial charge in [-0.2, -0.15) is 0 Å². The van der Waals surface area contributed by atoms with E-state index in [4.69, 9.17) is 4.74 Å². The molecule has 1 aliphatic heterocycles. The summed E-state index contributed by atoms with van der Waals surface area (Å²) in [5.74, 6) is 0.443. The van der Waals surface area contributed by atoms with Gasteiger partial charge in [-0.05, 0) is 42.0 Å². The Kier molecular flexibility index (Phi) is 5.88. The van der Waals surface area contributed by atoms with Crippen molar-refractivity contribution < 1.29 is 9.13 Å². The Bertz CT molecular complexity index is 847. The van der Waals surface area contributed by atoms with Crippen LogP contribution in [0.4, 0.5) is 10.1 Å². The summed E-state index contributed by atoms with van der Waals surface area (Å²) in [5, 5.41) is 0. The van der Waals surface area contributed by atoms with Gasteiger partial charge in [-0.1, -0.05) is 48.5 Å². The van der Waals surface area contributed by atoms with E-state index >= 15 is 0 Å². The number of halogens is 1. The van der Waals surface area contributed by atoms with Gasteiger partial charge in [-0.3, -0.25) is 4.90 Å². The van der Waals surface area contributed by atoms with Crippen LogP contribution in [0.2, 0.25) is 0 Å². The van der Waals surface area contributed by atoms with Crippen molar-refractivity contribution >= 4 is 5.69 Å². The van der Waals surface area contributed by atoms with Gasteiger partial charge in [-0.25, -0.2) is 4.39 Å². The minimum Gasteiger partial charge on any atom is -0.484 e. The molecule has 3 nitrogen and oxygen atoms in total. The topological polar surface area (TPSA) is 15.7 Å². The summed E-state index contributed by atoms with van der Waals surface area (Å²) in [7, 11) is 0. The smallest absolute Gasteiger partial charge is 0.136 e. The molecule has 1 atom stereocenters. The first-order valence-corrected chi connectivity index (χ1v) is 9.77. The summed E-state index contributed by atoms with van der Waals surface area (Å²) in [4.78, 5) is 4.87. The van der Waals surface area contributed by atoms with E-state index in [2.05, 4.69) is 52.3 Å². The Labute approximate surface area is 166 Å². The number of hydrogen-bond donors (Lipinski definition) is 0. The van der Waals surface area contributed by atoms with Gasteiger partial charge in [0.1, 0.15) is 17.7 Å². The van der Waals surface area contributed by atoms with E-state index in [1.807, 2.05) is 18.2 Å². The molecule has 1 aliphatic rings. The lowest BCUT2D eigenvalue weighted by Crippen LogP contribution is -2.48. The Morgan fingerprint density at radius 2 is 1.36 bits per heavy atom. The highest BCUT2D eigenvalue weighted by atomic mass is 19.1. The Morgan fingerprint density at radius 1 is 0.750 bits per heavy atom. The first kappa shape index (κ1) is 18.5. The minimum atomic E-state index is -0.249. The van der Waals surface area contributed by atoms with Crippen LogP contribution in [0.3, 0.4) is 0 Å². The van der Waals surface area contributed by atoms with Crippen LogP contribution < -0.4 is 9.64 Å². The fourth-order valence-corrected chi connectivity index (χ4v) is 3.62. The molecule has 1 fully saturated rings. The average Bonchev–Trinajstić information content (AvgIpc) is 2.76. The van der Waals surface area contributed by atoms with E-state index < -0.39 is 0 Å². The second-order valence-corrected chi connectivity index (χ2v) is 7.09. The molecule has 0 radical (unpaired) electrons. The van der Waals surface area contributed by atoms with Crippen molar-refractivity contribution in [2.75, 3.05) is 37.6 Å². The van der Waals surface area contributed by atoms with Crippen molar-refractivity contribution in [1.29, 1.82) is 0 Å². The fraction of sp³-hybridized carbons (Fsp3) is 0.250. The molecule has 0 spiro atoms. The lowest BCUT2D eigenvalue weighted by atomic mass is 10.1. The van der Waals surface area contributed by atoms with Gasteiger partial charge in [0.25, 0.3) is 0 Å². The summed E-state index contributed by atoms with van der Waals surface area (Å²) in [5.41, 5.74) is 2.42. The second kappa shape index (κ2) is 8.89. The van der Waals surface area contributed by atoms with E-state index in [1.165, 1.54) is 17.8 Å². The molecule has 1 saturated heterocycles. The third-order valence-electron chi connectivity index (χ3n) is 5.18. The van der Waals surface area contributed by atoms with Crippen molar-refractivity contribution in [2.24, 2.45) is 0 Å². The van der Waals surface area contributed by atoms with Gasteiger partial charge in [0.05, 0.1) is 0 Å². The first-order valence-electron chi connectivity index (χ1n) is 9.77. The zero-order valence-electron chi connectivity index (χ0n) is 15.9. The number of piperazine rings is 1. The highest BCUT2D eigenvalue weighted by molar-refractivity contribution is 5.46. The number of ether oxygens (including phenoxy) is 1. The summed E-state index contributed by atoms with van der Waals surface area (Å²) >= 11 is 0. The molecule has 0 amide bonds. The molecular weight excluding hydrogens is 351 g/mol. The van der Waals surface area contributed by atoms with E-state index in [-0.39, 0.29) is 11.9 Å². The summed E-state index contributed by atoms with van der Waals surface area (Å²) in [6.07, 6.45) is -0.0880. The van der Waals surface area contributed by atoms with Crippen LogP contribution in [0, 0.1) is 5.82 Å². The Balaban J connectivity index is 1.42. The molecule has 3 aromatic rings. The Morgan fingerprint density at radius 3 is 2.00 bits per heavy atom. The SMILES string of the molecule is Fc1ccc(OC(CN2CCN(c3ccccc3)CC2)c2ccccc2)cc1. The van der Waals surface area contributed by atoms with E-state index in [9.17, 15) is 4.39 Å². The van der Waals surface area contributed by atoms with Crippen LogP contribution in [-0.2, 0) is 0 Å². The third-order valence-corrected chi connectivity index (χ3v) is 5.18. The van der Waals surface area contributed by atoms with Crippen molar-refractivity contribution in [1.82, 2.24) is 4.90 Å². The summed E-state index contributed by atoms with van der Waals surface area (Å²) in [6, 6.07) is 27.1. The number of nitrogens with zero attached hydrogens (tertiary/aromatic N) is 2. The maximum Gasteiger partial charge on any atom is 0.136 e. The molecule has 0 N–H and O–H groups in total. The number of rotatable bonds is 6. The van der Waals surface area contributed by atoms with Crippen LogP contribution in [0.15, 0.2) is 84.9 Å². The molecule has 0 saturated carbocycles. The van der Waals surface area contributed by atoms with E-state index in [0.29, 0.717) is 5.75 Å². The van der Waals surface area contributed by atoms with Gasteiger partial charge in [0, 0.05) is 38.4 Å². The van der Waals surface area contributed by atoms with Crippen molar-refractivity contribution in [3.8, 4) is 5.75 Å². The van der Waals surface area contributed by atoms with Crippen LogP contribution in [0.1, 0.15) is 11.7 Å². The van der Waals surface area contributed by atoms with Crippen molar-refractivity contribution in [2.45, 2.75) is 6.10 Å². The van der Waals surface area contributed by atoms with E-state index in [0.717, 1.165) is 38.3 Å². The van der Waals surface area contributed by atoms with Crippen LogP contribution in [0.5, 0.6) is 5.75 Å². The lowest BCUT2D eigenvalue weighted by molar-refractivity contribution is 0.128. The molecule has 4 rings (SSSR count). The molecule has 3 aromatic carbocycles. The van der Waals surface area contributed by atoms with Gasteiger partial charge >= 0.3 is 0 Å². The molecule has 1 heterocycles. The van der Waals surface area contributed by atoms with Crippen molar-refractivity contribution in [3.05, 3.63) is 96.3 Å². The monoisotopic (exact) mass is 376 g/mol. The molecule has 1 unspecified atom stereocenters. The standard InChI is InChI=1S/C24H25FN2O/c25-21-11-13-23(14-12-21)28-24(20-7-3-1-4-8-20)19-26-15-17-27(18-16-26)22-9-5-2-6-10-22/h1-14,24H,15-19H2. The molecule has 0 aromatic heterocycles. The molecule has 4 heteroatoms. The van der Waals surface area contributed by atoms with Gasteiger partial charge in [-0.15, -0.1) is 0 Å². The fourth-order valence-electron chi connectivity index (χ4n) is 3.62. The largest absolute Gasteiger partial charge is 0.484 e. The van der Waals surface area contributed by atoms with Gasteiger partial charge < -0.3 is 9.64 Å². The minimum absolute atomic E-state index is 0.0880. The highest BCUT2D eigenvalue weighted by Gasteiger charge is 2.22. The van der Waals surface area contributed by atoms with Gasteiger partial charge in [0.15, 0.2) is 0 Å². The zero-order valence-corrected chi connectivity index (χ0v) is 15.9. The predicted molar refractivity (Wildman–Crippen MR) is 111 cm³/mol. The highest BCUT2D eigenvalue weighted by Crippen LogP contribution is 2.24. The maximum absolute atomic E-state index is 13.2.